The molecule has 1 saturated heterocycles. The van der Waals surface area contributed by atoms with Crippen molar-refractivity contribution in [2.75, 3.05) is 41.0 Å². The molecule has 278 valence electrons. The van der Waals surface area contributed by atoms with Gasteiger partial charge in [0.1, 0.15) is 23.4 Å². The highest BCUT2D eigenvalue weighted by Crippen LogP contribution is 2.37. The van der Waals surface area contributed by atoms with Crippen LogP contribution in [0.25, 0.3) is 0 Å². The third kappa shape index (κ3) is 8.93. The van der Waals surface area contributed by atoms with E-state index in [1.54, 1.807) is 60.5 Å². The SMILES string of the molecule is COc1cc2ccc1OCC(=O)N[C@@H]1CN(C(=O)c3ccc(OC)c(Oc4cccc(OC)c4CN)c3)CC[C@H]1Oc1ccc(cc1)CNC(=O)CC2. The van der Waals surface area contributed by atoms with Crippen LogP contribution in [-0.2, 0) is 29.1 Å². The first kappa shape index (κ1) is 36.8. The van der Waals surface area contributed by atoms with Gasteiger partial charge in [-0.1, -0.05) is 24.3 Å². The Hall–Kier alpha value is -5.95. The number of amides is 3. The van der Waals surface area contributed by atoms with E-state index in [1.165, 1.54) is 14.2 Å². The molecular weight excluding hydrogens is 680 g/mol. The minimum atomic E-state index is -0.574. The highest BCUT2D eigenvalue weighted by atomic mass is 16.5. The van der Waals surface area contributed by atoms with Crippen LogP contribution in [-0.4, -0.2) is 75.8 Å². The van der Waals surface area contributed by atoms with Crippen LogP contribution in [0, 0.1) is 0 Å². The number of benzene rings is 4. The van der Waals surface area contributed by atoms with E-state index in [2.05, 4.69) is 10.6 Å². The molecule has 0 aliphatic carbocycles. The van der Waals surface area contributed by atoms with E-state index in [1.807, 2.05) is 30.3 Å². The lowest BCUT2D eigenvalue weighted by Gasteiger charge is -2.39. The van der Waals surface area contributed by atoms with Gasteiger partial charge in [-0.25, -0.2) is 0 Å². The Morgan fingerprint density at radius 3 is 2.34 bits per heavy atom. The van der Waals surface area contributed by atoms with Crippen LogP contribution in [0.4, 0.5) is 0 Å². The van der Waals surface area contributed by atoms with Crippen LogP contribution >= 0.6 is 0 Å². The molecule has 4 N–H and O–H groups in total. The van der Waals surface area contributed by atoms with Crippen molar-refractivity contribution in [2.45, 2.75) is 44.5 Å². The average molecular weight is 725 g/mol. The Kier molecular flexibility index (Phi) is 11.8. The molecule has 13 heteroatoms. The molecule has 4 aromatic carbocycles. The minimum absolute atomic E-state index is 0.0733. The number of ether oxygens (including phenoxy) is 6. The first-order valence-electron chi connectivity index (χ1n) is 17.4. The molecule has 5 aliphatic heterocycles. The van der Waals surface area contributed by atoms with Gasteiger partial charge in [0.05, 0.1) is 32.9 Å². The van der Waals surface area contributed by atoms with E-state index in [0.29, 0.717) is 83.7 Å². The Bertz CT molecular complexity index is 1930. The monoisotopic (exact) mass is 724 g/mol. The van der Waals surface area contributed by atoms with Crippen LogP contribution in [0.3, 0.4) is 0 Å². The predicted octanol–water partition coefficient (Wildman–Crippen LogP) is 4.38. The van der Waals surface area contributed by atoms with E-state index in [9.17, 15) is 14.4 Å². The summed E-state index contributed by atoms with van der Waals surface area (Å²) in [5.41, 5.74) is 8.87. The molecular formula is C40H44N4O9. The normalized spacial score (nSPS) is 17.7. The minimum Gasteiger partial charge on any atom is -0.496 e. The maximum Gasteiger partial charge on any atom is 0.258 e. The summed E-state index contributed by atoms with van der Waals surface area (Å²) in [4.78, 5) is 41.7. The molecule has 2 atom stereocenters. The van der Waals surface area contributed by atoms with E-state index in [0.717, 1.165) is 11.1 Å². The van der Waals surface area contributed by atoms with Crippen molar-refractivity contribution in [3.8, 4) is 40.2 Å². The number of nitrogens with one attached hydrogen (secondary N) is 2. The number of carbonyl (C=O) groups is 3. The van der Waals surface area contributed by atoms with E-state index >= 15 is 0 Å². The summed E-state index contributed by atoms with van der Waals surface area (Å²) < 4.78 is 35.1. The quantitative estimate of drug-likeness (QED) is 0.250. The van der Waals surface area contributed by atoms with E-state index < -0.39 is 12.1 Å². The van der Waals surface area contributed by atoms with Crippen molar-refractivity contribution < 1.29 is 42.8 Å². The molecule has 4 aromatic rings. The lowest BCUT2D eigenvalue weighted by atomic mass is 10.00. The number of hydrogen-bond acceptors (Lipinski definition) is 10. The fourth-order valence-electron chi connectivity index (χ4n) is 6.40. The van der Waals surface area contributed by atoms with Gasteiger partial charge in [-0.2, -0.15) is 0 Å². The van der Waals surface area contributed by atoms with E-state index in [-0.39, 0.29) is 37.4 Å². The molecule has 9 rings (SSSR count). The molecule has 3 amide bonds. The van der Waals surface area contributed by atoms with Crippen LogP contribution in [0.2, 0.25) is 0 Å². The number of likely N-dealkylation sites (tertiary alicyclic amines) is 1. The zero-order chi connectivity index (χ0) is 37.3. The van der Waals surface area contributed by atoms with Gasteiger partial charge in [-0.05, 0) is 72.1 Å². The summed E-state index contributed by atoms with van der Waals surface area (Å²) in [5, 5.41) is 6.01. The van der Waals surface area contributed by atoms with Crippen molar-refractivity contribution in [1.29, 1.82) is 0 Å². The van der Waals surface area contributed by atoms with Crippen LogP contribution < -0.4 is 44.8 Å². The van der Waals surface area contributed by atoms with Gasteiger partial charge in [-0.15, -0.1) is 0 Å². The number of carbonyl (C=O) groups excluding carboxylic acids is 3. The number of piperidine rings is 1. The molecule has 0 saturated carbocycles. The number of methoxy groups -OCH3 is 3. The van der Waals surface area contributed by atoms with Crippen LogP contribution in [0.15, 0.2) is 78.9 Å². The van der Waals surface area contributed by atoms with Crippen molar-refractivity contribution >= 4 is 17.7 Å². The Balaban J connectivity index is 1.23. The number of aryl methyl sites for hydroxylation is 1. The van der Waals surface area contributed by atoms with Crippen molar-refractivity contribution in [3.05, 3.63) is 101 Å². The van der Waals surface area contributed by atoms with Crippen molar-refractivity contribution in [2.24, 2.45) is 5.73 Å². The van der Waals surface area contributed by atoms with Gasteiger partial charge in [-0.3, -0.25) is 14.4 Å². The molecule has 0 aromatic heterocycles. The van der Waals surface area contributed by atoms with Crippen LogP contribution in [0.1, 0.15) is 39.9 Å². The Labute approximate surface area is 308 Å². The molecule has 0 spiro atoms. The zero-order valence-electron chi connectivity index (χ0n) is 30.0. The van der Waals surface area contributed by atoms with Gasteiger partial charge in [0.15, 0.2) is 29.6 Å². The summed E-state index contributed by atoms with van der Waals surface area (Å²) in [6.45, 7) is 0.804. The van der Waals surface area contributed by atoms with Crippen LogP contribution in [0.5, 0.6) is 40.2 Å². The van der Waals surface area contributed by atoms with Gasteiger partial charge in [0.2, 0.25) is 5.91 Å². The van der Waals surface area contributed by atoms with Gasteiger partial charge >= 0.3 is 0 Å². The third-order valence-electron chi connectivity index (χ3n) is 9.26. The maximum absolute atomic E-state index is 14.1. The second-order valence-electron chi connectivity index (χ2n) is 12.7. The van der Waals surface area contributed by atoms with Crippen molar-refractivity contribution in [3.63, 3.8) is 0 Å². The number of hydrogen-bond donors (Lipinski definition) is 3. The summed E-state index contributed by atoms with van der Waals surface area (Å²) in [5.74, 6) is 2.56. The second kappa shape index (κ2) is 17.0. The second-order valence-corrected chi connectivity index (χ2v) is 12.7. The average Bonchev–Trinajstić information content (AvgIpc) is 3.18. The number of nitrogens with two attached hydrogens (primary N) is 1. The lowest BCUT2D eigenvalue weighted by Crippen LogP contribution is -2.58. The first-order chi connectivity index (χ1) is 25.8. The fourth-order valence-corrected chi connectivity index (χ4v) is 6.40. The van der Waals surface area contributed by atoms with Gasteiger partial charge in [0.25, 0.3) is 11.8 Å². The largest absolute Gasteiger partial charge is 0.496 e. The van der Waals surface area contributed by atoms with Gasteiger partial charge in [0, 0.05) is 44.6 Å². The summed E-state index contributed by atoms with van der Waals surface area (Å²) in [6.07, 6.45) is 0.803. The third-order valence-corrected chi connectivity index (χ3v) is 9.26. The maximum atomic E-state index is 14.1. The highest BCUT2D eigenvalue weighted by molar-refractivity contribution is 5.95. The number of rotatable bonds is 7. The fraction of sp³-hybridized carbons (Fsp3) is 0.325. The molecule has 5 heterocycles. The Morgan fingerprint density at radius 1 is 0.830 bits per heavy atom. The zero-order valence-corrected chi connectivity index (χ0v) is 30.0. The summed E-state index contributed by atoms with van der Waals surface area (Å²) >= 11 is 0. The molecule has 5 aliphatic rings. The molecule has 4 bridgehead atoms. The molecule has 53 heavy (non-hydrogen) atoms. The van der Waals surface area contributed by atoms with Gasteiger partial charge < -0.3 is 49.7 Å². The number of nitrogens with zero attached hydrogens (tertiary/aromatic N) is 1. The topological polar surface area (TPSA) is 160 Å². The molecule has 1 fully saturated rings. The molecule has 0 unspecified atom stereocenters. The summed E-state index contributed by atoms with van der Waals surface area (Å²) in [6, 6.07) is 22.6. The Morgan fingerprint density at radius 2 is 1.58 bits per heavy atom. The van der Waals surface area contributed by atoms with Crippen molar-refractivity contribution in [1.82, 2.24) is 15.5 Å². The predicted molar refractivity (Wildman–Crippen MR) is 196 cm³/mol. The highest BCUT2D eigenvalue weighted by Gasteiger charge is 2.35. The summed E-state index contributed by atoms with van der Waals surface area (Å²) in [7, 11) is 4.60. The molecule has 0 radical (unpaired) electrons. The smallest absolute Gasteiger partial charge is 0.258 e. The lowest BCUT2D eigenvalue weighted by molar-refractivity contribution is -0.125. The van der Waals surface area contributed by atoms with E-state index in [4.69, 9.17) is 34.2 Å². The standard InChI is InChI=1S/C40H44N4O9/c1-48-31-5-4-6-32(29(31)21-41)53-37-20-27(11-15-34(37)49-2)40(47)44-18-17-33-30(23-44)43-39(46)24-51-35-14-9-25(19-36(35)50-3)10-16-38(45)42-22-26-7-12-28(52-33)13-8-26/h4-9,11-15,19-20,30,33H,10,16-18,21-24,41H2,1-3H3,(H,42,45)(H,43,46)/t30-,33-/m1/s1. The molecule has 13 nitrogen and oxygen atoms in total. The first-order valence-corrected chi connectivity index (χ1v) is 17.4.